The molecule has 18 heavy (non-hydrogen) atoms. The van der Waals surface area contributed by atoms with Gasteiger partial charge < -0.3 is 10.6 Å². The Labute approximate surface area is 107 Å². The molecule has 0 saturated carbocycles. The maximum Gasteiger partial charge on any atom is 0.128 e. The molecule has 0 heterocycles. The van der Waals surface area contributed by atoms with E-state index in [0.717, 1.165) is 17.9 Å². The van der Waals surface area contributed by atoms with Gasteiger partial charge in [-0.05, 0) is 31.2 Å². The Morgan fingerprint density at radius 1 is 1.11 bits per heavy atom. The molecular weight excluding hydrogens is 227 g/mol. The first-order chi connectivity index (χ1) is 8.70. The van der Waals surface area contributed by atoms with Crippen molar-refractivity contribution in [1.82, 2.24) is 0 Å². The number of halogens is 1. The van der Waals surface area contributed by atoms with Crippen LogP contribution in [0.5, 0.6) is 0 Å². The molecule has 2 nitrogen and oxygen atoms in total. The van der Waals surface area contributed by atoms with Gasteiger partial charge in [0.2, 0.25) is 0 Å². The second-order valence-corrected chi connectivity index (χ2v) is 4.20. The minimum atomic E-state index is -0.167. The van der Waals surface area contributed by atoms with Crippen LogP contribution in [-0.4, -0.2) is 6.54 Å². The molecule has 0 saturated heterocycles. The van der Waals surface area contributed by atoms with E-state index in [1.807, 2.05) is 43.3 Å². The third kappa shape index (κ3) is 2.80. The van der Waals surface area contributed by atoms with Crippen molar-refractivity contribution in [3.63, 3.8) is 0 Å². The summed E-state index contributed by atoms with van der Waals surface area (Å²) in [4.78, 5) is 2.09. The topological polar surface area (TPSA) is 29.3 Å². The van der Waals surface area contributed by atoms with Crippen molar-refractivity contribution in [1.29, 1.82) is 0 Å². The second kappa shape index (κ2) is 5.54. The third-order valence-electron chi connectivity index (χ3n) is 2.94. The number of nitrogens with zero attached hydrogens (tertiary/aromatic N) is 1. The molecule has 0 fully saturated rings. The average Bonchev–Trinajstić information content (AvgIpc) is 2.38. The van der Waals surface area contributed by atoms with Gasteiger partial charge in [-0.1, -0.05) is 24.3 Å². The zero-order chi connectivity index (χ0) is 13.0. The van der Waals surface area contributed by atoms with Crippen molar-refractivity contribution >= 4 is 11.4 Å². The van der Waals surface area contributed by atoms with Gasteiger partial charge in [-0.2, -0.15) is 0 Å². The zero-order valence-electron chi connectivity index (χ0n) is 10.4. The Morgan fingerprint density at radius 2 is 1.89 bits per heavy atom. The maximum atomic E-state index is 13.6. The number of nitrogens with two attached hydrogens (primary N) is 1. The summed E-state index contributed by atoms with van der Waals surface area (Å²) < 4.78 is 13.6. The monoisotopic (exact) mass is 244 g/mol. The summed E-state index contributed by atoms with van der Waals surface area (Å²) in [6, 6.07) is 14.5. The molecule has 0 atom stereocenters. The van der Waals surface area contributed by atoms with Gasteiger partial charge in [0.25, 0.3) is 0 Å². The highest BCUT2D eigenvalue weighted by Gasteiger charge is 2.08. The van der Waals surface area contributed by atoms with Gasteiger partial charge in [-0.25, -0.2) is 4.39 Å². The Morgan fingerprint density at radius 3 is 2.56 bits per heavy atom. The van der Waals surface area contributed by atoms with Gasteiger partial charge in [-0.3, -0.25) is 0 Å². The quantitative estimate of drug-likeness (QED) is 0.835. The SMILES string of the molecule is CCN(Cc1ccccc1F)c1cccc(N)c1. The molecule has 0 bridgehead atoms. The van der Waals surface area contributed by atoms with Crippen LogP contribution in [0.4, 0.5) is 15.8 Å². The first kappa shape index (κ1) is 12.4. The third-order valence-corrected chi connectivity index (χ3v) is 2.94. The molecule has 0 aliphatic heterocycles. The Balaban J connectivity index is 2.23. The Bertz CT molecular complexity index is 525. The molecule has 2 aromatic carbocycles. The normalized spacial score (nSPS) is 10.3. The van der Waals surface area contributed by atoms with Crippen LogP contribution >= 0.6 is 0 Å². The van der Waals surface area contributed by atoms with Gasteiger partial charge in [0, 0.05) is 30.0 Å². The second-order valence-electron chi connectivity index (χ2n) is 4.20. The molecule has 94 valence electrons. The summed E-state index contributed by atoms with van der Waals surface area (Å²) in [6.07, 6.45) is 0. The number of hydrogen-bond acceptors (Lipinski definition) is 2. The first-order valence-corrected chi connectivity index (χ1v) is 6.04. The van der Waals surface area contributed by atoms with Crippen LogP contribution in [0.1, 0.15) is 12.5 Å². The number of benzene rings is 2. The zero-order valence-corrected chi connectivity index (χ0v) is 10.4. The van der Waals surface area contributed by atoms with E-state index in [2.05, 4.69) is 4.90 Å². The van der Waals surface area contributed by atoms with Gasteiger partial charge in [-0.15, -0.1) is 0 Å². The summed E-state index contributed by atoms with van der Waals surface area (Å²) in [5, 5.41) is 0. The molecule has 2 rings (SSSR count). The van der Waals surface area contributed by atoms with Crippen LogP contribution in [0.3, 0.4) is 0 Å². The number of rotatable bonds is 4. The van der Waals surface area contributed by atoms with Crippen molar-refractivity contribution < 1.29 is 4.39 Å². The number of anilines is 2. The van der Waals surface area contributed by atoms with E-state index in [-0.39, 0.29) is 5.82 Å². The molecule has 0 unspecified atom stereocenters. The highest BCUT2D eigenvalue weighted by atomic mass is 19.1. The first-order valence-electron chi connectivity index (χ1n) is 6.04. The van der Waals surface area contributed by atoms with Crippen molar-refractivity contribution in [2.45, 2.75) is 13.5 Å². The fraction of sp³-hybridized carbons (Fsp3) is 0.200. The highest BCUT2D eigenvalue weighted by molar-refractivity contribution is 5.56. The van der Waals surface area contributed by atoms with E-state index in [0.29, 0.717) is 12.1 Å². The van der Waals surface area contributed by atoms with Gasteiger partial charge >= 0.3 is 0 Å². The van der Waals surface area contributed by atoms with Crippen LogP contribution in [0.15, 0.2) is 48.5 Å². The summed E-state index contributed by atoms with van der Waals surface area (Å²) in [5.74, 6) is -0.167. The Kier molecular flexibility index (Phi) is 3.82. The van der Waals surface area contributed by atoms with E-state index in [1.54, 1.807) is 6.07 Å². The fourth-order valence-electron chi connectivity index (χ4n) is 1.94. The number of hydrogen-bond donors (Lipinski definition) is 1. The predicted octanol–water partition coefficient (Wildman–Crippen LogP) is 3.43. The lowest BCUT2D eigenvalue weighted by Crippen LogP contribution is -2.22. The molecular formula is C15H17FN2. The molecule has 0 aliphatic rings. The van der Waals surface area contributed by atoms with Crippen molar-refractivity contribution in [3.8, 4) is 0 Å². The van der Waals surface area contributed by atoms with Crippen LogP contribution < -0.4 is 10.6 Å². The summed E-state index contributed by atoms with van der Waals surface area (Å²) in [6.45, 7) is 3.40. The molecule has 0 aliphatic carbocycles. The van der Waals surface area contributed by atoms with E-state index in [4.69, 9.17) is 5.73 Å². The van der Waals surface area contributed by atoms with Crippen LogP contribution in [-0.2, 0) is 6.54 Å². The molecule has 3 heteroatoms. The van der Waals surface area contributed by atoms with Crippen LogP contribution in [0.25, 0.3) is 0 Å². The largest absolute Gasteiger partial charge is 0.399 e. The van der Waals surface area contributed by atoms with Crippen LogP contribution in [0.2, 0.25) is 0 Å². The lowest BCUT2D eigenvalue weighted by molar-refractivity contribution is 0.605. The maximum absolute atomic E-state index is 13.6. The lowest BCUT2D eigenvalue weighted by Gasteiger charge is -2.23. The molecule has 0 aromatic heterocycles. The standard InChI is InChI=1S/C15H17FN2/c1-2-18(14-8-5-7-13(17)10-14)11-12-6-3-4-9-15(12)16/h3-10H,2,11,17H2,1H3. The molecule has 0 amide bonds. The van der Waals surface area contributed by atoms with Gasteiger partial charge in [0.1, 0.15) is 5.82 Å². The van der Waals surface area contributed by atoms with Crippen molar-refractivity contribution in [2.75, 3.05) is 17.2 Å². The average molecular weight is 244 g/mol. The molecule has 2 aromatic rings. The lowest BCUT2D eigenvalue weighted by atomic mass is 10.2. The molecule has 2 N–H and O–H groups in total. The summed E-state index contributed by atoms with van der Waals surface area (Å²) in [5.41, 5.74) is 8.21. The molecule has 0 radical (unpaired) electrons. The minimum Gasteiger partial charge on any atom is -0.399 e. The molecule has 0 spiro atoms. The van der Waals surface area contributed by atoms with Gasteiger partial charge in [0.15, 0.2) is 0 Å². The summed E-state index contributed by atoms with van der Waals surface area (Å²) in [7, 11) is 0. The van der Waals surface area contributed by atoms with E-state index in [9.17, 15) is 4.39 Å². The van der Waals surface area contributed by atoms with Gasteiger partial charge in [0.05, 0.1) is 0 Å². The smallest absolute Gasteiger partial charge is 0.128 e. The number of nitrogen functional groups attached to an aromatic ring is 1. The fourth-order valence-corrected chi connectivity index (χ4v) is 1.94. The van der Waals surface area contributed by atoms with Crippen molar-refractivity contribution in [2.24, 2.45) is 0 Å². The van der Waals surface area contributed by atoms with Crippen LogP contribution in [0, 0.1) is 5.82 Å². The highest BCUT2D eigenvalue weighted by Crippen LogP contribution is 2.20. The Hall–Kier alpha value is -2.03. The van der Waals surface area contributed by atoms with E-state index < -0.39 is 0 Å². The van der Waals surface area contributed by atoms with E-state index in [1.165, 1.54) is 6.07 Å². The summed E-state index contributed by atoms with van der Waals surface area (Å²) >= 11 is 0. The predicted molar refractivity (Wildman–Crippen MR) is 74.0 cm³/mol. The minimum absolute atomic E-state index is 0.167. The van der Waals surface area contributed by atoms with E-state index >= 15 is 0 Å². The van der Waals surface area contributed by atoms with Crippen molar-refractivity contribution in [3.05, 3.63) is 59.9 Å².